The van der Waals surface area contributed by atoms with Crippen molar-refractivity contribution in [2.24, 2.45) is 5.73 Å². The fourth-order valence-corrected chi connectivity index (χ4v) is 1.53. The first kappa shape index (κ1) is 11.5. The summed E-state index contributed by atoms with van der Waals surface area (Å²) in [7, 11) is 0. The Kier molecular flexibility index (Phi) is 3.49. The molecule has 1 aliphatic rings. The van der Waals surface area contributed by atoms with Crippen LogP contribution < -0.4 is 5.73 Å². The Bertz CT molecular complexity index is 217. The third kappa shape index (κ3) is 3.26. The van der Waals surface area contributed by atoms with E-state index in [0.717, 1.165) is 12.8 Å². The Labute approximate surface area is 80.0 Å². The van der Waals surface area contributed by atoms with Gasteiger partial charge in [0.25, 0.3) is 0 Å². The lowest BCUT2D eigenvalue weighted by Crippen LogP contribution is -2.46. The number of hydrogen-bond acceptors (Lipinski definition) is 3. The van der Waals surface area contributed by atoms with E-state index in [1.807, 2.05) is 0 Å². The fourth-order valence-electron chi connectivity index (χ4n) is 1.53. The first-order chi connectivity index (χ1) is 6.39. The first-order valence-electron chi connectivity index (χ1n) is 4.47. The normalized spacial score (nSPS) is 25.0. The maximum Gasteiger partial charge on any atom is 0.451 e. The van der Waals surface area contributed by atoms with Gasteiger partial charge in [-0.15, -0.1) is 0 Å². The molecule has 0 aromatic carbocycles. The smallest absolute Gasteiger partial charge is 0.327 e. The molecule has 0 aliphatic carbocycles. The Hall–Kier alpha value is -0.620. The minimum absolute atomic E-state index is 0.107. The van der Waals surface area contributed by atoms with Gasteiger partial charge in [-0.2, -0.15) is 13.2 Å². The molecule has 1 fully saturated rings. The average Bonchev–Trinajstić information content (AvgIpc) is 2.02. The van der Waals surface area contributed by atoms with Crippen LogP contribution in [0.3, 0.4) is 0 Å². The van der Waals surface area contributed by atoms with E-state index in [1.165, 1.54) is 4.90 Å². The highest BCUT2D eigenvalue weighted by atomic mass is 19.4. The summed E-state index contributed by atoms with van der Waals surface area (Å²) in [5.74, 6) is -1.69. The minimum Gasteiger partial charge on any atom is -0.327 e. The molecule has 0 saturated carbocycles. The molecule has 0 spiro atoms. The molecule has 1 heterocycles. The summed E-state index contributed by atoms with van der Waals surface area (Å²) in [6, 6.07) is -0.107. The number of hydrogen-bond donors (Lipinski definition) is 1. The molecule has 0 aromatic rings. The molecule has 14 heavy (non-hydrogen) atoms. The van der Waals surface area contributed by atoms with E-state index in [9.17, 15) is 18.0 Å². The molecule has 1 aliphatic heterocycles. The second-order valence-electron chi connectivity index (χ2n) is 3.56. The summed E-state index contributed by atoms with van der Waals surface area (Å²) in [4.78, 5) is 12.1. The second-order valence-corrected chi connectivity index (χ2v) is 3.56. The predicted molar refractivity (Wildman–Crippen MR) is 44.7 cm³/mol. The van der Waals surface area contributed by atoms with Gasteiger partial charge < -0.3 is 5.73 Å². The number of likely N-dealkylation sites (tertiary alicyclic amines) is 1. The summed E-state index contributed by atoms with van der Waals surface area (Å²) >= 11 is 0. The van der Waals surface area contributed by atoms with E-state index in [4.69, 9.17) is 5.73 Å². The van der Waals surface area contributed by atoms with Crippen LogP contribution in [0.25, 0.3) is 0 Å². The van der Waals surface area contributed by atoms with Gasteiger partial charge in [-0.1, -0.05) is 0 Å². The van der Waals surface area contributed by atoms with Gasteiger partial charge in [0.05, 0.1) is 6.54 Å². The summed E-state index contributed by atoms with van der Waals surface area (Å²) < 4.78 is 35.7. The standard InChI is InChI=1S/C8H13F3N2O/c9-8(10,11)7(14)5-13-3-1-2-6(12)4-13/h6H,1-5,12H2. The molecular weight excluding hydrogens is 197 g/mol. The fraction of sp³-hybridized carbons (Fsp3) is 0.875. The minimum atomic E-state index is -4.72. The zero-order valence-corrected chi connectivity index (χ0v) is 7.68. The zero-order chi connectivity index (χ0) is 10.8. The summed E-state index contributed by atoms with van der Waals surface area (Å²) in [6.45, 7) is 0.342. The van der Waals surface area contributed by atoms with Gasteiger partial charge in [-0.05, 0) is 19.4 Å². The Morgan fingerprint density at radius 3 is 2.64 bits per heavy atom. The highest BCUT2D eigenvalue weighted by molar-refractivity contribution is 5.85. The molecule has 0 aromatic heterocycles. The van der Waals surface area contributed by atoms with E-state index in [-0.39, 0.29) is 6.04 Å². The van der Waals surface area contributed by atoms with Gasteiger partial charge in [0.15, 0.2) is 0 Å². The molecule has 0 radical (unpaired) electrons. The third-order valence-corrected chi connectivity index (χ3v) is 2.23. The lowest BCUT2D eigenvalue weighted by molar-refractivity contribution is -0.172. The van der Waals surface area contributed by atoms with Gasteiger partial charge in [-0.3, -0.25) is 9.69 Å². The van der Waals surface area contributed by atoms with Crippen LogP contribution >= 0.6 is 0 Å². The largest absolute Gasteiger partial charge is 0.451 e. The summed E-state index contributed by atoms with van der Waals surface area (Å²) in [5, 5.41) is 0. The van der Waals surface area contributed by atoms with E-state index in [2.05, 4.69) is 0 Å². The van der Waals surface area contributed by atoms with Gasteiger partial charge in [0.1, 0.15) is 0 Å². The molecule has 0 amide bonds. The lowest BCUT2D eigenvalue weighted by Gasteiger charge is -2.30. The van der Waals surface area contributed by atoms with Crippen LogP contribution in [0.2, 0.25) is 0 Å². The molecular formula is C8H13F3N2O. The van der Waals surface area contributed by atoms with Gasteiger partial charge >= 0.3 is 6.18 Å². The van der Waals surface area contributed by atoms with E-state index in [1.54, 1.807) is 0 Å². The van der Waals surface area contributed by atoms with Crippen LogP contribution in [-0.4, -0.2) is 42.5 Å². The number of carbonyl (C=O) groups is 1. The molecule has 1 atom stereocenters. The van der Waals surface area contributed by atoms with Crippen LogP contribution in [-0.2, 0) is 4.79 Å². The predicted octanol–water partition coefficient (Wildman–Crippen LogP) is 0.541. The quantitative estimate of drug-likeness (QED) is 0.723. The van der Waals surface area contributed by atoms with Crippen molar-refractivity contribution in [1.29, 1.82) is 0 Å². The molecule has 1 rings (SSSR count). The maximum absolute atomic E-state index is 11.9. The Morgan fingerprint density at radius 2 is 2.14 bits per heavy atom. The number of carbonyl (C=O) groups excluding carboxylic acids is 1. The molecule has 0 bridgehead atoms. The van der Waals surface area contributed by atoms with Crippen molar-refractivity contribution >= 4 is 5.78 Å². The van der Waals surface area contributed by atoms with Crippen LogP contribution in [0.4, 0.5) is 13.2 Å². The monoisotopic (exact) mass is 210 g/mol. The SMILES string of the molecule is NC1CCCN(CC(=O)C(F)(F)F)C1. The Morgan fingerprint density at radius 1 is 1.50 bits per heavy atom. The van der Waals surface area contributed by atoms with Crippen molar-refractivity contribution in [3.63, 3.8) is 0 Å². The van der Waals surface area contributed by atoms with Crippen molar-refractivity contribution < 1.29 is 18.0 Å². The number of Topliss-reactive ketones (excluding diaryl/α,β-unsaturated/α-hetero) is 1. The zero-order valence-electron chi connectivity index (χ0n) is 7.68. The van der Waals surface area contributed by atoms with E-state index < -0.39 is 18.5 Å². The van der Waals surface area contributed by atoms with Crippen LogP contribution in [0.5, 0.6) is 0 Å². The molecule has 6 heteroatoms. The van der Waals surface area contributed by atoms with Crippen molar-refractivity contribution in [3.05, 3.63) is 0 Å². The third-order valence-electron chi connectivity index (χ3n) is 2.23. The highest BCUT2D eigenvalue weighted by Crippen LogP contribution is 2.17. The van der Waals surface area contributed by atoms with Gasteiger partial charge in [0, 0.05) is 12.6 Å². The van der Waals surface area contributed by atoms with Crippen LogP contribution in [0.15, 0.2) is 0 Å². The van der Waals surface area contributed by atoms with E-state index >= 15 is 0 Å². The average molecular weight is 210 g/mol. The Balaban J connectivity index is 2.40. The van der Waals surface area contributed by atoms with Gasteiger partial charge in [0.2, 0.25) is 5.78 Å². The van der Waals surface area contributed by atoms with Crippen molar-refractivity contribution in [2.75, 3.05) is 19.6 Å². The van der Waals surface area contributed by atoms with Crippen molar-refractivity contribution in [1.82, 2.24) is 4.90 Å². The lowest BCUT2D eigenvalue weighted by atomic mass is 10.1. The summed E-state index contributed by atoms with van der Waals surface area (Å²) in [5.41, 5.74) is 5.58. The number of halogens is 3. The summed E-state index contributed by atoms with van der Waals surface area (Å²) in [6.07, 6.45) is -3.15. The highest BCUT2D eigenvalue weighted by Gasteiger charge is 2.39. The van der Waals surface area contributed by atoms with Gasteiger partial charge in [-0.25, -0.2) is 0 Å². The van der Waals surface area contributed by atoms with Crippen LogP contribution in [0, 0.1) is 0 Å². The number of nitrogens with two attached hydrogens (primary N) is 1. The second kappa shape index (κ2) is 4.27. The van der Waals surface area contributed by atoms with E-state index in [0.29, 0.717) is 13.1 Å². The topological polar surface area (TPSA) is 46.3 Å². The number of piperidine rings is 1. The number of rotatable bonds is 2. The molecule has 82 valence electrons. The number of ketones is 1. The maximum atomic E-state index is 11.9. The molecule has 1 saturated heterocycles. The first-order valence-corrected chi connectivity index (χ1v) is 4.47. The number of nitrogens with zero attached hydrogens (tertiary/aromatic N) is 1. The molecule has 1 unspecified atom stereocenters. The number of alkyl halides is 3. The van der Waals surface area contributed by atoms with Crippen molar-refractivity contribution in [2.45, 2.75) is 25.1 Å². The van der Waals surface area contributed by atoms with Crippen LogP contribution in [0.1, 0.15) is 12.8 Å². The van der Waals surface area contributed by atoms with Crippen molar-refractivity contribution in [3.8, 4) is 0 Å². The molecule has 3 nitrogen and oxygen atoms in total. The molecule has 2 N–H and O–H groups in total.